The van der Waals surface area contributed by atoms with Gasteiger partial charge in [-0.15, -0.1) is 22.9 Å². The molecule has 0 aliphatic carbocycles. The third kappa shape index (κ3) is 4.32. The number of aryl methyl sites for hydroxylation is 1. The van der Waals surface area contributed by atoms with Crippen molar-refractivity contribution < 1.29 is 9.59 Å². The molecule has 0 saturated heterocycles. The zero-order chi connectivity index (χ0) is 13.0. The predicted molar refractivity (Wildman–Crippen MR) is 67.3 cm³/mol. The Morgan fingerprint density at radius 2 is 2.12 bits per heavy atom. The second-order valence-corrected chi connectivity index (χ2v) is 5.17. The molecule has 0 fully saturated rings. The van der Waals surface area contributed by atoms with Gasteiger partial charge >= 0.3 is 6.03 Å². The lowest BCUT2D eigenvalue weighted by molar-refractivity contribution is -0.119. The van der Waals surface area contributed by atoms with Crippen LogP contribution in [-0.2, 0) is 4.79 Å². The monoisotopic (exact) mass is 275 g/mol. The number of thiazole rings is 1. The molecule has 1 heterocycles. The van der Waals surface area contributed by atoms with Crippen LogP contribution in [0.2, 0.25) is 0 Å². The Balaban J connectivity index is 2.49. The first-order valence-electron chi connectivity index (χ1n) is 5.07. The Morgan fingerprint density at radius 1 is 1.47 bits per heavy atom. The van der Waals surface area contributed by atoms with Crippen molar-refractivity contribution in [3.63, 3.8) is 0 Å². The average Bonchev–Trinajstić information content (AvgIpc) is 2.64. The molecule has 0 bridgehead atoms. The minimum absolute atomic E-state index is 0.243. The van der Waals surface area contributed by atoms with E-state index in [0.29, 0.717) is 0 Å². The van der Waals surface area contributed by atoms with E-state index in [4.69, 9.17) is 11.6 Å². The highest BCUT2D eigenvalue weighted by molar-refractivity contribution is 7.09. The van der Waals surface area contributed by atoms with Gasteiger partial charge < -0.3 is 5.32 Å². The summed E-state index contributed by atoms with van der Waals surface area (Å²) in [6.07, 6.45) is 0. The van der Waals surface area contributed by atoms with Crippen LogP contribution in [0, 0.1) is 6.92 Å². The van der Waals surface area contributed by atoms with Crippen molar-refractivity contribution in [3.8, 4) is 0 Å². The van der Waals surface area contributed by atoms with E-state index in [9.17, 15) is 9.59 Å². The number of nitrogens with zero attached hydrogens (tertiary/aromatic N) is 1. The molecule has 1 aromatic rings. The van der Waals surface area contributed by atoms with E-state index >= 15 is 0 Å². The average molecular weight is 276 g/mol. The van der Waals surface area contributed by atoms with Crippen LogP contribution in [-0.4, -0.2) is 22.3 Å². The van der Waals surface area contributed by atoms with E-state index in [0.717, 1.165) is 10.7 Å². The maximum atomic E-state index is 11.4. The minimum atomic E-state index is -0.738. The molecule has 2 unspecified atom stereocenters. The van der Waals surface area contributed by atoms with Gasteiger partial charge in [0.25, 0.3) is 0 Å². The Morgan fingerprint density at radius 3 is 2.59 bits per heavy atom. The van der Waals surface area contributed by atoms with Gasteiger partial charge in [0, 0.05) is 11.1 Å². The first-order valence-corrected chi connectivity index (χ1v) is 6.39. The molecule has 2 atom stereocenters. The number of amides is 3. The van der Waals surface area contributed by atoms with Gasteiger partial charge in [-0.25, -0.2) is 9.78 Å². The summed E-state index contributed by atoms with van der Waals surface area (Å²) in [6, 6.07) is -0.810. The summed E-state index contributed by atoms with van der Waals surface area (Å²) < 4.78 is 0. The van der Waals surface area contributed by atoms with Crippen LogP contribution in [0.5, 0.6) is 0 Å². The molecule has 0 aliphatic heterocycles. The number of carbonyl (C=O) groups excluding carboxylic acids is 2. The third-order valence-electron chi connectivity index (χ3n) is 1.95. The number of carbonyl (C=O) groups is 2. The number of urea groups is 1. The fraction of sp³-hybridized carbons (Fsp3) is 0.500. The Bertz CT molecular complexity index is 419. The van der Waals surface area contributed by atoms with Crippen LogP contribution in [0.15, 0.2) is 5.38 Å². The van der Waals surface area contributed by atoms with E-state index in [1.165, 1.54) is 18.3 Å². The van der Waals surface area contributed by atoms with Gasteiger partial charge in [-0.3, -0.25) is 10.1 Å². The SMILES string of the molecule is Cc1csc(C(C)NC(=O)NC(=O)C(C)Cl)n1. The molecule has 1 aromatic heterocycles. The van der Waals surface area contributed by atoms with Crippen LogP contribution >= 0.6 is 22.9 Å². The van der Waals surface area contributed by atoms with Crippen LogP contribution in [0.3, 0.4) is 0 Å². The van der Waals surface area contributed by atoms with Crippen molar-refractivity contribution in [1.82, 2.24) is 15.6 Å². The van der Waals surface area contributed by atoms with E-state index in [1.807, 2.05) is 12.3 Å². The Kier molecular flexibility index (Phi) is 4.89. The topological polar surface area (TPSA) is 71.1 Å². The molecule has 0 aromatic carbocycles. The van der Waals surface area contributed by atoms with E-state index in [-0.39, 0.29) is 6.04 Å². The summed E-state index contributed by atoms with van der Waals surface area (Å²) in [7, 11) is 0. The van der Waals surface area contributed by atoms with E-state index < -0.39 is 17.3 Å². The predicted octanol–water partition coefficient (Wildman–Crippen LogP) is 1.97. The molecule has 0 aliphatic rings. The largest absolute Gasteiger partial charge is 0.329 e. The second-order valence-electron chi connectivity index (χ2n) is 3.63. The number of alkyl halides is 1. The van der Waals surface area contributed by atoms with E-state index in [1.54, 1.807) is 6.92 Å². The molecular weight excluding hydrogens is 262 g/mol. The number of imide groups is 1. The highest BCUT2D eigenvalue weighted by atomic mass is 35.5. The van der Waals surface area contributed by atoms with Crippen molar-refractivity contribution in [1.29, 1.82) is 0 Å². The highest BCUT2D eigenvalue weighted by Crippen LogP contribution is 2.16. The Labute approximate surface area is 109 Å². The molecule has 5 nitrogen and oxygen atoms in total. The fourth-order valence-corrected chi connectivity index (χ4v) is 1.94. The first kappa shape index (κ1) is 13.9. The lowest BCUT2D eigenvalue weighted by atomic mass is 10.3. The van der Waals surface area contributed by atoms with Gasteiger partial charge in [0.2, 0.25) is 5.91 Å². The van der Waals surface area contributed by atoms with Crippen molar-refractivity contribution in [2.24, 2.45) is 0 Å². The van der Waals surface area contributed by atoms with Crippen molar-refractivity contribution in [2.75, 3.05) is 0 Å². The van der Waals surface area contributed by atoms with Gasteiger partial charge in [0.15, 0.2) is 0 Å². The number of aromatic nitrogens is 1. The summed E-state index contributed by atoms with van der Waals surface area (Å²) >= 11 is 6.99. The van der Waals surface area contributed by atoms with Crippen molar-refractivity contribution in [3.05, 3.63) is 16.1 Å². The smallest absolute Gasteiger partial charge is 0.322 e. The molecule has 7 heteroatoms. The third-order valence-corrected chi connectivity index (χ3v) is 3.30. The summed E-state index contributed by atoms with van der Waals surface area (Å²) in [5.74, 6) is -0.522. The normalized spacial score (nSPS) is 13.9. The van der Waals surface area contributed by atoms with Gasteiger partial charge in [-0.1, -0.05) is 0 Å². The van der Waals surface area contributed by atoms with Crippen LogP contribution < -0.4 is 10.6 Å². The molecule has 2 N–H and O–H groups in total. The van der Waals surface area contributed by atoms with Gasteiger partial charge in [-0.2, -0.15) is 0 Å². The number of hydrogen-bond acceptors (Lipinski definition) is 4. The second kappa shape index (κ2) is 5.97. The van der Waals surface area contributed by atoms with Crippen molar-refractivity contribution >= 4 is 34.9 Å². The number of rotatable bonds is 3. The maximum absolute atomic E-state index is 11.4. The van der Waals surface area contributed by atoms with Crippen molar-refractivity contribution in [2.45, 2.75) is 32.2 Å². The number of nitrogens with one attached hydrogen (secondary N) is 2. The summed E-state index contributed by atoms with van der Waals surface area (Å²) in [6.45, 7) is 5.18. The molecule has 3 amide bonds. The van der Waals surface area contributed by atoms with Gasteiger partial charge in [0.1, 0.15) is 10.4 Å². The fourth-order valence-electron chi connectivity index (χ4n) is 1.08. The number of hydrogen-bond donors (Lipinski definition) is 2. The zero-order valence-corrected chi connectivity index (χ0v) is 11.4. The molecule has 94 valence electrons. The van der Waals surface area contributed by atoms with Gasteiger partial charge in [0.05, 0.1) is 6.04 Å². The number of halogens is 1. The molecule has 0 spiro atoms. The first-order chi connectivity index (χ1) is 7.90. The molecule has 0 saturated carbocycles. The highest BCUT2D eigenvalue weighted by Gasteiger charge is 2.16. The minimum Gasteiger partial charge on any atom is -0.329 e. The summed E-state index contributed by atoms with van der Waals surface area (Å²) in [5.41, 5.74) is 0.907. The quantitative estimate of drug-likeness (QED) is 0.829. The van der Waals surface area contributed by atoms with Gasteiger partial charge in [-0.05, 0) is 20.8 Å². The van der Waals surface area contributed by atoms with E-state index in [2.05, 4.69) is 15.6 Å². The van der Waals surface area contributed by atoms with Crippen LogP contribution in [0.4, 0.5) is 4.79 Å². The molecule has 0 radical (unpaired) electrons. The molecule has 17 heavy (non-hydrogen) atoms. The van der Waals surface area contributed by atoms with Crippen LogP contribution in [0.1, 0.15) is 30.6 Å². The molecular formula is C10H14ClN3O2S. The molecule has 1 rings (SSSR count). The summed E-state index contributed by atoms with van der Waals surface area (Å²) in [4.78, 5) is 26.8. The maximum Gasteiger partial charge on any atom is 0.322 e. The van der Waals surface area contributed by atoms with Crippen LogP contribution in [0.25, 0.3) is 0 Å². The zero-order valence-electron chi connectivity index (χ0n) is 9.78. The standard InChI is InChI=1S/C10H14ClN3O2S/c1-5-4-17-9(12-5)7(3)13-10(16)14-8(15)6(2)11/h4,6-7H,1-3H3,(H2,13,14,15,16). The lowest BCUT2D eigenvalue weighted by Gasteiger charge is -2.12. The Hall–Kier alpha value is -1.14. The summed E-state index contributed by atoms with van der Waals surface area (Å²) in [5, 5.41) is 6.71. The lowest BCUT2D eigenvalue weighted by Crippen LogP contribution is -2.43.